The number of methoxy groups -OCH3 is 3. The quantitative estimate of drug-likeness (QED) is 0.249. The first-order valence-corrected chi connectivity index (χ1v) is 14.5. The number of allylic oxidation sites excluding steroid dienone is 1. The molecule has 5 rings (SSSR count). The zero-order valence-corrected chi connectivity index (χ0v) is 25.4. The van der Waals surface area contributed by atoms with Crippen LogP contribution in [-0.4, -0.2) is 38.5 Å². The maximum atomic E-state index is 14.0. The van der Waals surface area contributed by atoms with E-state index < -0.39 is 12.0 Å². The van der Waals surface area contributed by atoms with Crippen molar-refractivity contribution in [2.75, 3.05) is 27.9 Å². The number of aromatic nitrogens is 1. The standard InChI is InChI=1S/C33H32N2O7S/c1-6-41-32(37)29-20(2)34-33-35(30(29)23-13-15-24(38-3)27(18-23)40-5)31(36)28(43-33)17-22-12-14-25(26(16-22)39-4)42-19-21-10-8-7-9-11-21/h7-18,30H,6,19H2,1-5H3/b28-17-/t30-/m1/s1. The lowest BCUT2D eigenvalue weighted by Gasteiger charge is -2.25. The largest absolute Gasteiger partial charge is 0.493 e. The minimum atomic E-state index is -0.777. The normalized spacial score (nSPS) is 14.5. The van der Waals surface area contributed by atoms with E-state index >= 15 is 0 Å². The highest BCUT2D eigenvalue weighted by atomic mass is 32.1. The van der Waals surface area contributed by atoms with Crippen molar-refractivity contribution < 1.29 is 28.5 Å². The molecule has 43 heavy (non-hydrogen) atoms. The lowest BCUT2D eigenvalue weighted by molar-refractivity contribution is -0.139. The predicted octanol–water partition coefficient (Wildman–Crippen LogP) is 4.40. The monoisotopic (exact) mass is 600 g/mol. The molecule has 0 fully saturated rings. The van der Waals surface area contributed by atoms with Gasteiger partial charge in [-0.2, -0.15) is 0 Å². The van der Waals surface area contributed by atoms with Crippen LogP contribution in [0.3, 0.4) is 0 Å². The number of fused-ring (bicyclic) bond motifs is 1. The van der Waals surface area contributed by atoms with E-state index in [-0.39, 0.29) is 17.7 Å². The Bertz CT molecular complexity index is 1860. The summed E-state index contributed by atoms with van der Waals surface area (Å²) in [5, 5.41) is 0. The third-order valence-corrected chi connectivity index (χ3v) is 7.95. The summed E-state index contributed by atoms with van der Waals surface area (Å²) in [5.41, 5.74) is 2.92. The number of carbonyl (C=O) groups is 1. The zero-order valence-electron chi connectivity index (χ0n) is 24.6. The van der Waals surface area contributed by atoms with Crippen LogP contribution in [0.1, 0.15) is 36.6 Å². The molecule has 4 aromatic rings. The van der Waals surface area contributed by atoms with Gasteiger partial charge in [-0.1, -0.05) is 53.8 Å². The van der Waals surface area contributed by atoms with Gasteiger partial charge >= 0.3 is 5.97 Å². The summed E-state index contributed by atoms with van der Waals surface area (Å²) in [5.74, 6) is 1.60. The van der Waals surface area contributed by atoms with E-state index in [2.05, 4.69) is 4.99 Å². The molecule has 0 N–H and O–H groups in total. The van der Waals surface area contributed by atoms with Crippen molar-refractivity contribution in [3.05, 3.63) is 114 Å². The highest BCUT2D eigenvalue weighted by molar-refractivity contribution is 7.07. The van der Waals surface area contributed by atoms with Crippen LogP contribution in [0.4, 0.5) is 0 Å². The fourth-order valence-corrected chi connectivity index (χ4v) is 5.96. The van der Waals surface area contributed by atoms with Gasteiger partial charge in [0.2, 0.25) is 0 Å². The predicted molar refractivity (Wildman–Crippen MR) is 164 cm³/mol. The zero-order chi connectivity index (χ0) is 30.5. The van der Waals surface area contributed by atoms with Crippen molar-refractivity contribution >= 4 is 23.4 Å². The lowest BCUT2D eigenvalue weighted by atomic mass is 9.95. The number of hydrogen-bond acceptors (Lipinski definition) is 9. The number of benzene rings is 3. The van der Waals surface area contributed by atoms with Crippen molar-refractivity contribution in [2.24, 2.45) is 4.99 Å². The first-order chi connectivity index (χ1) is 20.9. The molecule has 1 aliphatic rings. The molecular weight excluding hydrogens is 568 g/mol. The van der Waals surface area contributed by atoms with Crippen LogP contribution in [0, 0.1) is 0 Å². The summed E-state index contributed by atoms with van der Waals surface area (Å²) >= 11 is 1.24. The summed E-state index contributed by atoms with van der Waals surface area (Å²) < 4.78 is 29.9. The number of hydrogen-bond donors (Lipinski definition) is 0. The van der Waals surface area contributed by atoms with E-state index in [1.165, 1.54) is 23.0 Å². The molecule has 9 nitrogen and oxygen atoms in total. The molecular formula is C33H32N2O7S. The van der Waals surface area contributed by atoms with Gasteiger partial charge in [0, 0.05) is 0 Å². The van der Waals surface area contributed by atoms with Crippen molar-refractivity contribution in [3.8, 4) is 23.0 Å². The fourth-order valence-electron chi connectivity index (χ4n) is 4.91. The Morgan fingerprint density at radius 2 is 1.63 bits per heavy atom. The van der Waals surface area contributed by atoms with Crippen molar-refractivity contribution in [3.63, 3.8) is 0 Å². The third-order valence-electron chi connectivity index (χ3n) is 6.96. The topological polar surface area (TPSA) is 97.6 Å². The highest BCUT2D eigenvalue weighted by Crippen LogP contribution is 2.36. The molecule has 0 bridgehead atoms. The summed E-state index contributed by atoms with van der Waals surface area (Å²) in [6, 6.07) is 19.9. The summed E-state index contributed by atoms with van der Waals surface area (Å²) in [4.78, 5) is 32.3. The van der Waals surface area contributed by atoms with Gasteiger partial charge in [0.1, 0.15) is 6.61 Å². The van der Waals surface area contributed by atoms with Crippen molar-refractivity contribution in [1.29, 1.82) is 0 Å². The van der Waals surface area contributed by atoms with Crippen LogP contribution >= 0.6 is 11.3 Å². The average molecular weight is 601 g/mol. The van der Waals surface area contributed by atoms with E-state index in [4.69, 9.17) is 23.7 Å². The van der Waals surface area contributed by atoms with Gasteiger partial charge in [-0.25, -0.2) is 9.79 Å². The Morgan fingerprint density at radius 1 is 0.930 bits per heavy atom. The Labute approximate surface area is 252 Å². The molecule has 0 saturated heterocycles. The summed E-state index contributed by atoms with van der Waals surface area (Å²) in [7, 11) is 4.66. The van der Waals surface area contributed by atoms with Gasteiger partial charge in [0.05, 0.1) is 49.8 Å². The first-order valence-electron chi connectivity index (χ1n) is 13.6. The van der Waals surface area contributed by atoms with E-state index in [1.807, 2.05) is 48.5 Å². The SMILES string of the molecule is CCOC(=O)C1=C(C)N=c2s/c(=C\c3ccc(OCc4ccccc4)c(OC)c3)c(=O)n2[C@@H]1c1ccc(OC)c(OC)c1. The van der Waals surface area contributed by atoms with Gasteiger partial charge < -0.3 is 23.7 Å². The first kappa shape index (κ1) is 29.7. The molecule has 0 aliphatic carbocycles. The number of nitrogens with zero attached hydrogens (tertiary/aromatic N) is 2. The molecule has 3 aromatic carbocycles. The van der Waals surface area contributed by atoms with Crippen molar-refractivity contribution in [1.82, 2.24) is 4.57 Å². The van der Waals surface area contributed by atoms with E-state index in [0.717, 1.165) is 11.1 Å². The number of carbonyl (C=O) groups excluding carboxylic acids is 1. The number of ether oxygens (including phenoxy) is 5. The summed E-state index contributed by atoms with van der Waals surface area (Å²) in [6.07, 6.45) is 1.78. The summed E-state index contributed by atoms with van der Waals surface area (Å²) in [6.45, 7) is 4.07. The van der Waals surface area contributed by atoms with Crippen LogP contribution in [0.25, 0.3) is 6.08 Å². The molecule has 0 spiro atoms. The van der Waals surface area contributed by atoms with Crippen LogP contribution in [0.5, 0.6) is 23.0 Å². The molecule has 1 aliphatic heterocycles. The second-order valence-corrected chi connectivity index (χ2v) is 10.6. The molecule has 0 saturated carbocycles. The Kier molecular flexibility index (Phi) is 8.96. The number of thiazole rings is 1. The second-order valence-electron chi connectivity index (χ2n) is 9.60. The van der Waals surface area contributed by atoms with Gasteiger partial charge in [0.15, 0.2) is 27.8 Å². The third kappa shape index (κ3) is 6.05. The highest BCUT2D eigenvalue weighted by Gasteiger charge is 2.34. The van der Waals surface area contributed by atoms with Gasteiger partial charge in [-0.05, 0) is 60.9 Å². The smallest absolute Gasteiger partial charge is 0.338 e. The molecule has 0 radical (unpaired) electrons. The molecule has 1 aromatic heterocycles. The maximum absolute atomic E-state index is 14.0. The van der Waals surface area contributed by atoms with Crippen LogP contribution in [-0.2, 0) is 16.1 Å². The van der Waals surface area contributed by atoms with Gasteiger partial charge in [-0.15, -0.1) is 0 Å². The van der Waals surface area contributed by atoms with E-state index in [0.29, 0.717) is 50.2 Å². The van der Waals surface area contributed by atoms with E-state index in [1.54, 1.807) is 52.3 Å². The molecule has 222 valence electrons. The molecule has 2 heterocycles. The maximum Gasteiger partial charge on any atom is 0.338 e. The average Bonchev–Trinajstić information content (AvgIpc) is 3.33. The van der Waals surface area contributed by atoms with Crippen LogP contribution in [0.2, 0.25) is 0 Å². The van der Waals surface area contributed by atoms with Crippen LogP contribution < -0.4 is 33.8 Å². The molecule has 0 amide bonds. The Hall–Kier alpha value is -4.83. The lowest BCUT2D eigenvalue weighted by Crippen LogP contribution is -2.39. The minimum absolute atomic E-state index is 0.186. The molecule has 0 unspecified atom stereocenters. The fraction of sp³-hybridized carbons (Fsp3) is 0.242. The number of esters is 1. The molecule has 1 atom stereocenters. The van der Waals surface area contributed by atoms with Crippen LogP contribution in [0.15, 0.2) is 87.8 Å². The Balaban J connectivity index is 1.58. The molecule has 10 heteroatoms. The van der Waals surface area contributed by atoms with Gasteiger partial charge in [-0.3, -0.25) is 9.36 Å². The van der Waals surface area contributed by atoms with Crippen molar-refractivity contribution in [2.45, 2.75) is 26.5 Å². The minimum Gasteiger partial charge on any atom is -0.493 e. The van der Waals surface area contributed by atoms with E-state index in [9.17, 15) is 9.59 Å². The second kappa shape index (κ2) is 13.0. The Morgan fingerprint density at radius 3 is 2.33 bits per heavy atom. The number of rotatable bonds is 10. The van der Waals surface area contributed by atoms with Gasteiger partial charge in [0.25, 0.3) is 5.56 Å².